The first-order valence-corrected chi connectivity index (χ1v) is 8.28. The number of carbonyl (C=O) groups excluding carboxylic acids is 2. The normalized spacial score (nSPS) is 24.8. The van der Waals surface area contributed by atoms with Gasteiger partial charge in [0, 0.05) is 44.9 Å². The first-order valence-electron chi connectivity index (χ1n) is 8.28. The number of hydrazone groups is 1. The van der Waals surface area contributed by atoms with E-state index in [0.29, 0.717) is 31.0 Å². The quantitative estimate of drug-likeness (QED) is 0.886. The minimum Gasteiger partial charge on any atom is -0.351 e. The van der Waals surface area contributed by atoms with Crippen LogP contribution >= 0.6 is 0 Å². The number of aromatic nitrogens is 1. The minimum atomic E-state index is -0.172. The first-order chi connectivity index (χ1) is 11.6. The van der Waals surface area contributed by atoms with Gasteiger partial charge in [-0.3, -0.25) is 19.5 Å². The van der Waals surface area contributed by atoms with E-state index >= 15 is 0 Å². The number of nitrogens with zero attached hydrogens (tertiary/aromatic N) is 4. The molecule has 7 heteroatoms. The van der Waals surface area contributed by atoms with Crippen molar-refractivity contribution in [2.75, 3.05) is 27.2 Å². The van der Waals surface area contributed by atoms with Gasteiger partial charge in [0.1, 0.15) is 5.71 Å². The maximum absolute atomic E-state index is 12.3. The third kappa shape index (κ3) is 3.46. The highest BCUT2D eigenvalue weighted by Gasteiger charge is 2.33. The Morgan fingerprint density at radius 1 is 1.38 bits per heavy atom. The maximum Gasteiger partial charge on any atom is 0.267 e. The molecule has 0 bridgehead atoms. The van der Waals surface area contributed by atoms with Crippen LogP contribution in [0.1, 0.15) is 30.9 Å². The Morgan fingerprint density at radius 2 is 2.21 bits per heavy atom. The zero-order valence-electron chi connectivity index (χ0n) is 14.1. The van der Waals surface area contributed by atoms with Crippen molar-refractivity contribution in [2.24, 2.45) is 11.0 Å². The summed E-state index contributed by atoms with van der Waals surface area (Å²) in [6.45, 7) is 1.59. The number of hydrogen-bond donors (Lipinski definition) is 1. The Morgan fingerprint density at radius 3 is 2.92 bits per heavy atom. The highest BCUT2D eigenvalue weighted by atomic mass is 16.2. The predicted molar refractivity (Wildman–Crippen MR) is 90.2 cm³/mol. The molecule has 2 aliphatic rings. The fourth-order valence-electron chi connectivity index (χ4n) is 3.48. The summed E-state index contributed by atoms with van der Waals surface area (Å²) in [6, 6.07) is 4.29. The Kier molecular flexibility index (Phi) is 4.89. The number of amides is 2. The molecule has 1 fully saturated rings. The molecule has 2 amide bonds. The van der Waals surface area contributed by atoms with E-state index in [4.69, 9.17) is 0 Å². The minimum absolute atomic E-state index is 0.0550. The third-order valence-corrected chi connectivity index (χ3v) is 4.79. The van der Waals surface area contributed by atoms with Crippen molar-refractivity contribution in [3.8, 4) is 0 Å². The summed E-state index contributed by atoms with van der Waals surface area (Å²) in [7, 11) is 3.68. The predicted octanol–water partition coefficient (Wildman–Crippen LogP) is 0.799. The van der Waals surface area contributed by atoms with Crippen LogP contribution in [0.15, 0.2) is 29.6 Å². The molecule has 24 heavy (non-hydrogen) atoms. The molecule has 1 saturated heterocycles. The van der Waals surface area contributed by atoms with Crippen LogP contribution < -0.4 is 5.32 Å². The van der Waals surface area contributed by atoms with Gasteiger partial charge in [-0.05, 0) is 37.6 Å². The number of rotatable bonds is 4. The van der Waals surface area contributed by atoms with Crippen molar-refractivity contribution in [2.45, 2.75) is 25.3 Å². The van der Waals surface area contributed by atoms with Gasteiger partial charge in [0.05, 0.1) is 0 Å². The van der Waals surface area contributed by atoms with Gasteiger partial charge in [-0.25, -0.2) is 5.01 Å². The Hall–Kier alpha value is -2.28. The van der Waals surface area contributed by atoms with Crippen LogP contribution in [0.25, 0.3) is 0 Å². The molecule has 3 heterocycles. The lowest BCUT2D eigenvalue weighted by Crippen LogP contribution is -2.40. The van der Waals surface area contributed by atoms with Crippen molar-refractivity contribution in [1.82, 2.24) is 20.2 Å². The summed E-state index contributed by atoms with van der Waals surface area (Å²) < 4.78 is 0. The zero-order valence-corrected chi connectivity index (χ0v) is 14.1. The van der Waals surface area contributed by atoms with Gasteiger partial charge >= 0.3 is 0 Å². The second-order valence-electron chi connectivity index (χ2n) is 6.43. The summed E-state index contributed by atoms with van der Waals surface area (Å²) in [4.78, 5) is 30.3. The fraction of sp³-hybridized carbons (Fsp3) is 0.529. The number of nitrogens with one attached hydrogen (secondary N) is 1. The smallest absolute Gasteiger partial charge is 0.267 e. The summed E-state index contributed by atoms with van der Waals surface area (Å²) in [6.07, 6.45) is 5.45. The van der Waals surface area contributed by atoms with Gasteiger partial charge in [-0.1, -0.05) is 6.07 Å². The lowest BCUT2D eigenvalue weighted by molar-refractivity contribution is -0.130. The van der Waals surface area contributed by atoms with E-state index in [9.17, 15) is 9.59 Å². The Bertz CT molecular complexity index is 646. The lowest BCUT2D eigenvalue weighted by atomic mass is 9.94. The van der Waals surface area contributed by atoms with Gasteiger partial charge in [0.2, 0.25) is 5.91 Å². The molecule has 0 aliphatic carbocycles. The van der Waals surface area contributed by atoms with Gasteiger partial charge < -0.3 is 5.32 Å². The molecule has 2 aliphatic heterocycles. The molecule has 128 valence electrons. The zero-order chi connectivity index (χ0) is 17.1. The van der Waals surface area contributed by atoms with E-state index in [0.717, 1.165) is 13.0 Å². The number of carbonyl (C=O) groups is 2. The largest absolute Gasteiger partial charge is 0.351 e. The molecule has 7 nitrogen and oxygen atoms in total. The standard InChI is InChI=1S/C17H23N5O2/c1-21-9-7-13(16(21)12-4-3-8-18-10-12)11-19-17(24)14-5-6-15(23)22(2)20-14/h3-4,8,10,13,16H,5-7,9,11H2,1-2H3,(H,19,24)/t13-,16-/m0/s1. The van der Waals surface area contributed by atoms with Gasteiger partial charge in [0.25, 0.3) is 5.91 Å². The van der Waals surface area contributed by atoms with Crippen molar-refractivity contribution in [3.63, 3.8) is 0 Å². The number of hydrogen-bond acceptors (Lipinski definition) is 5. The fourth-order valence-corrected chi connectivity index (χ4v) is 3.48. The van der Waals surface area contributed by atoms with Gasteiger partial charge in [-0.2, -0.15) is 5.10 Å². The average Bonchev–Trinajstić information content (AvgIpc) is 2.96. The molecule has 0 spiro atoms. The number of pyridine rings is 1. The monoisotopic (exact) mass is 329 g/mol. The number of likely N-dealkylation sites (tertiary alicyclic amines) is 1. The molecule has 2 atom stereocenters. The van der Waals surface area contributed by atoms with Crippen molar-refractivity contribution < 1.29 is 9.59 Å². The lowest BCUT2D eigenvalue weighted by Gasteiger charge is -2.26. The highest BCUT2D eigenvalue weighted by molar-refractivity contribution is 6.39. The van der Waals surface area contributed by atoms with Crippen LogP contribution in [0, 0.1) is 5.92 Å². The van der Waals surface area contributed by atoms with E-state index in [1.54, 1.807) is 13.2 Å². The topological polar surface area (TPSA) is 77.9 Å². The van der Waals surface area contributed by atoms with E-state index in [2.05, 4.69) is 33.4 Å². The van der Waals surface area contributed by atoms with Crippen molar-refractivity contribution in [1.29, 1.82) is 0 Å². The van der Waals surface area contributed by atoms with E-state index in [-0.39, 0.29) is 17.9 Å². The summed E-state index contributed by atoms with van der Waals surface area (Å²) in [5, 5.41) is 8.31. The van der Waals surface area contributed by atoms with Crippen LogP contribution in [0.3, 0.4) is 0 Å². The van der Waals surface area contributed by atoms with Crippen molar-refractivity contribution in [3.05, 3.63) is 30.1 Å². The molecule has 1 aromatic rings. The van der Waals surface area contributed by atoms with E-state index in [1.807, 2.05) is 12.3 Å². The maximum atomic E-state index is 12.3. The molecule has 0 radical (unpaired) electrons. The van der Waals surface area contributed by atoms with Gasteiger partial charge in [-0.15, -0.1) is 0 Å². The van der Waals surface area contributed by atoms with Crippen LogP contribution in [0.5, 0.6) is 0 Å². The summed E-state index contributed by atoms with van der Waals surface area (Å²) in [5.74, 6) is 0.112. The Balaban J connectivity index is 1.62. The molecule has 1 aromatic heterocycles. The van der Waals surface area contributed by atoms with Crippen LogP contribution in [-0.2, 0) is 9.59 Å². The average molecular weight is 329 g/mol. The molecular weight excluding hydrogens is 306 g/mol. The van der Waals surface area contributed by atoms with Crippen LogP contribution in [-0.4, -0.2) is 59.6 Å². The molecular formula is C17H23N5O2. The van der Waals surface area contributed by atoms with Crippen LogP contribution in [0.4, 0.5) is 0 Å². The van der Waals surface area contributed by atoms with Crippen molar-refractivity contribution >= 4 is 17.5 Å². The molecule has 3 rings (SSSR count). The SMILES string of the molecule is CN1N=C(C(=O)NC[C@@H]2CCN(C)[C@H]2c2cccnc2)CCC1=O. The highest BCUT2D eigenvalue weighted by Crippen LogP contribution is 2.35. The summed E-state index contributed by atoms with van der Waals surface area (Å²) >= 11 is 0. The molecule has 0 saturated carbocycles. The molecule has 1 N–H and O–H groups in total. The molecule has 0 unspecified atom stereocenters. The first kappa shape index (κ1) is 16.6. The summed E-state index contributed by atoms with van der Waals surface area (Å²) in [5.41, 5.74) is 1.61. The van der Waals surface area contributed by atoms with Gasteiger partial charge in [0.15, 0.2) is 0 Å². The van der Waals surface area contributed by atoms with E-state index < -0.39 is 0 Å². The molecule has 0 aromatic carbocycles. The van der Waals surface area contributed by atoms with E-state index in [1.165, 1.54) is 10.6 Å². The second kappa shape index (κ2) is 7.09. The van der Waals surface area contributed by atoms with Crippen LogP contribution in [0.2, 0.25) is 0 Å². The third-order valence-electron chi connectivity index (χ3n) is 4.79. The Labute approximate surface area is 141 Å². The second-order valence-corrected chi connectivity index (χ2v) is 6.43.